The number of sulfone groups is 1. The van der Waals surface area contributed by atoms with Gasteiger partial charge in [0.15, 0.2) is 9.84 Å². The standard InChI is InChI=1S/C20H24N2O4S2/c23-19(20(24)22-15-8-3-1-4-9-15)21-14-18(17-12-7-13-27-17)28(25,26)16-10-5-2-6-11-16/h2,5-7,10-13,15,18H,1,3-4,8-9,14H2,(H,21,23)(H,22,24)/t18-/m1/s1. The highest BCUT2D eigenvalue weighted by atomic mass is 32.2. The molecule has 1 saturated carbocycles. The highest BCUT2D eigenvalue weighted by Crippen LogP contribution is 2.31. The molecule has 6 nitrogen and oxygen atoms in total. The minimum atomic E-state index is -3.71. The van der Waals surface area contributed by atoms with E-state index in [4.69, 9.17) is 0 Å². The van der Waals surface area contributed by atoms with E-state index in [0.717, 1.165) is 32.1 Å². The predicted octanol–water partition coefficient (Wildman–Crippen LogP) is 2.83. The van der Waals surface area contributed by atoms with E-state index in [1.807, 2.05) is 0 Å². The molecule has 0 bridgehead atoms. The monoisotopic (exact) mass is 420 g/mol. The van der Waals surface area contributed by atoms with Crippen LogP contribution in [0.4, 0.5) is 0 Å². The van der Waals surface area contributed by atoms with Gasteiger partial charge in [-0.05, 0) is 36.4 Å². The number of rotatable bonds is 6. The maximum Gasteiger partial charge on any atom is 0.309 e. The molecule has 2 N–H and O–H groups in total. The summed E-state index contributed by atoms with van der Waals surface area (Å²) in [6.45, 7) is -0.158. The summed E-state index contributed by atoms with van der Waals surface area (Å²) < 4.78 is 26.2. The first-order chi connectivity index (χ1) is 13.5. The molecule has 3 rings (SSSR count). The van der Waals surface area contributed by atoms with Gasteiger partial charge in [0.2, 0.25) is 0 Å². The Morgan fingerprint density at radius 2 is 1.71 bits per heavy atom. The van der Waals surface area contributed by atoms with Crippen LogP contribution in [0.2, 0.25) is 0 Å². The SMILES string of the molecule is O=C(NC[C@H](c1cccs1)S(=O)(=O)c1ccccc1)C(=O)NC1CCCCC1. The average Bonchev–Trinajstić information content (AvgIpc) is 3.23. The van der Waals surface area contributed by atoms with Crippen molar-refractivity contribution in [2.24, 2.45) is 0 Å². The van der Waals surface area contributed by atoms with Gasteiger partial charge in [0.05, 0.1) is 4.90 Å². The molecule has 1 aromatic heterocycles. The van der Waals surface area contributed by atoms with Crippen molar-refractivity contribution < 1.29 is 18.0 Å². The first kappa shape index (κ1) is 20.5. The van der Waals surface area contributed by atoms with Gasteiger partial charge in [-0.2, -0.15) is 0 Å². The molecule has 28 heavy (non-hydrogen) atoms. The number of thiophene rings is 1. The quantitative estimate of drug-likeness (QED) is 0.703. The lowest BCUT2D eigenvalue weighted by atomic mass is 9.95. The van der Waals surface area contributed by atoms with Crippen LogP contribution in [0.15, 0.2) is 52.7 Å². The number of hydrogen-bond donors (Lipinski definition) is 2. The highest BCUT2D eigenvalue weighted by Gasteiger charge is 2.31. The summed E-state index contributed by atoms with van der Waals surface area (Å²) in [6.07, 6.45) is 4.99. The third kappa shape index (κ3) is 4.99. The van der Waals surface area contributed by atoms with Gasteiger partial charge in [-0.15, -0.1) is 11.3 Å². The van der Waals surface area contributed by atoms with E-state index < -0.39 is 26.9 Å². The Kier molecular flexibility index (Phi) is 6.85. The van der Waals surface area contributed by atoms with E-state index in [2.05, 4.69) is 10.6 Å². The fourth-order valence-corrected chi connectivity index (χ4v) is 6.18. The van der Waals surface area contributed by atoms with Crippen molar-refractivity contribution in [3.8, 4) is 0 Å². The topological polar surface area (TPSA) is 92.3 Å². The maximum atomic E-state index is 13.1. The molecule has 0 unspecified atom stereocenters. The Bertz CT molecular complexity index is 890. The van der Waals surface area contributed by atoms with Crippen LogP contribution in [0, 0.1) is 0 Å². The van der Waals surface area contributed by atoms with Crippen molar-refractivity contribution in [2.75, 3.05) is 6.54 Å². The van der Waals surface area contributed by atoms with Crippen LogP contribution in [0.1, 0.15) is 42.2 Å². The van der Waals surface area contributed by atoms with Crippen LogP contribution in [0.25, 0.3) is 0 Å². The van der Waals surface area contributed by atoms with Gasteiger partial charge in [0, 0.05) is 17.5 Å². The van der Waals surface area contributed by atoms with E-state index in [1.165, 1.54) is 23.5 Å². The third-order valence-corrected chi connectivity index (χ3v) is 8.14. The highest BCUT2D eigenvalue weighted by molar-refractivity contribution is 7.91. The van der Waals surface area contributed by atoms with Gasteiger partial charge in [0.1, 0.15) is 5.25 Å². The van der Waals surface area contributed by atoms with Gasteiger partial charge in [-0.25, -0.2) is 8.42 Å². The van der Waals surface area contributed by atoms with Crippen molar-refractivity contribution >= 4 is 33.0 Å². The first-order valence-corrected chi connectivity index (χ1v) is 11.8. The molecule has 2 amide bonds. The van der Waals surface area contributed by atoms with Crippen LogP contribution in [0.5, 0.6) is 0 Å². The van der Waals surface area contributed by atoms with E-state index in [1.54, 1.807) is 35.7 Å². The van der Waals surface area contributed by atoms with E-state index in [0.29, 0.717) is 4.88 Å². The molecule has 1 fully saturated rings. The van der Waals surface area contributed by atoms with Crippen molar-refractivity contribution in [1.82, 2.24) is 10.6 Å². The molecule has 2 aromatic rings. The number of amides is 2. The zero-order valence-electron chi connectivity index (χ0n) is 15.5. The molecule has 0 spiro atoms. The van der Waals surface area contributed by atoms with E-state index in [9.17, 15) is 18.0 Å². The molecule has 8 heteroatoms. The molecule has 0 aliphatic heterocycles. The third-order valence-electron chi connectivity index (χ3n) is 4.90. The van der Waals surface area contributed by atoms with Crippen LogP contribution in [-0.4, -0.2) is 32.8 Å². The minimum Gasteiger partial charge on any atom is -0.346 e. The van der Waals surface area contributed by atoms with Gasteiger partial charge in [-0.1, -0.05) is 43.5 Å². The molecule has 1 heterocycles. The Hall–Kier alpha value is -2.19. The van der Waals surface area contributed by atoms with Crippen molar-refractivity contribution in [3.63, 3.8) is 0 Å². The fraction of sp³-hybridized carbons (Fsp3) is 0.400. The van der Waals surface area contributed by atoms with Crippen molar-refractivity contribution in [2.45, 2.75) is 48.3 Å². The maximum absolute atomic E-state index is 13.1. The number of nitrogens with one attached hydrogen (secondary N) is 2. The average molecular weight is 421 g/mol. The van der Waals surface area contributed by atoms with E-state index >= 15 is 0 Å². The summed E-state index contributed by atoms with van der Waals surface area (Å²) in [6, 6.07) is 11.7. The molecule has 1 atom stereocenters. The molecule has 1 aliphatic carbocycles. The Morgan fingerprint density at radius 1 is 1.00 bits per heavy atom. The summed E-state index contributed by atoms with van der Waals surface area (Å²) >= 11 is 1.31. The number of carbonyl (C=O) groups excluding carboxylic acids is 2. The van der Waals surface area contributed by atoms with Crippen molar-refractivity contribution in [1.29, 1.82) is 0 Å². The molecule has 1 aromatic carbocycles. The van der Waals surface area contributed by atoms with Crippen molar-refractivity contribution in [3.05, 3.63) is 52.7 Å². The number of carbonyl (C=O) groups is 2. The lowest BCUT2D eigenvalue weighted by Crippen LogP contribution is -2.46. The second kappa shape index (κ2) is 9.34. The Balaban J connectivity index is 1.69. The van der Waals surface area contributed by atoms with Crippen LogP contribution < -0.4 is 10.6 Å². The molecule has 0 radical (unpaired) electrons. The molecule has 1 aliphatic rings. The lowest BCUT2D eigenvalue weighted by Gasteiger charge is -2.22. The van der Waals surface area contributed by atoms with E-state index in [-0.39, 0.29) is 17.5 Å². The molecule has 0 saturated heterocycles. The minimum absolute atomic E-state index is 0.0214. The largest absolute Gasteiger partial charge is 0.346 e. The fourth-order valence-electron chi connectivity index (χ4n) is 3.38. The second-order valence-corrected chi connectivity index (χ2v) is 9.99. The summed E-state index contributed by atoms with van der Waals surface area (Å²) in [5, 5.41) is 6.11. The zero-order valence-corrected chi connectivity index (χ0v) is 17.1. The number of benzene rings is 1. The summed E-state index contributed by atoms with van der Waals surface area (Å²) in [4.78, 5) is 25.2. The normalized spacial score (nSPS) is 16.3. The predicted molar refractivity (Wildman–Crippen MR) is 109 cm³/mol. The Morgan fingerprint density at radius 3 is 2.36 bits per heavy atom. The van der Waals surface area contributed by atoms with Crippen LogP contribution >= 0.6 is 11.3 Å². The lowest BCUT2D eigenvalue weighted by molar-refractivity contribution is -0.139. The van der Waals surface area contributed by atoms with Gasteiger partial charge < -0.3 is 10.6 Å². The summed E-state index contributed by atoms with van der Waals surface area (Å²) in [7, 11) is -3.71. The van der Waals surface area contributed by atoms with Gasteiger partial charge in [0.25, 0.3) is 0 Å². The molecular formula is C20H24N2O4S2. The molecule has 150 valence electrons. The summed E-state index contributed by atoms with van der Waals surface area (Å²) in [5.41, 5.74) is 0. The summed E-state index contributed by atoms with van der Waals surface area (Å²) in [5.74, 6) is -1.50. The number of hydrogen-bond acceptors (Lipinski definition) is 5. The molecular weight excluding hydrogens is 396 g/mol. The van der Waals surface area contributed by atoms with Gasteiger partial charge in [-0.3, -0.25) is 9.59 Å². The van der Waals surface area contributed by atoms with Gasteiger partial charge >= 0.3 is 11.8 Å². The zero-order chi connectivity index (χ0) is 20.0. The van der Waals surface area contributed by atoms with Crippen LogP contribution in [0.3, 0.4) is 0 Å². The first-order valence-electron chi connectivity index (χ1n) is 9.39. The van der Waals surface area contributed by atoms with Crippen LogP contribution in [-0.2, 0) is 19.4 Å². The second-order valence-electron chi connectivity index (χ2n) is 6.88. The smallest absolute Gasteiger partial charge is 0.309 e. The Labute approximate surface area is 169 Å².